The first-order chi connectivity index (χ1) is 10.4. The molecule has 0 bridgehead atoms. The van der Waals surface area contributed by atoms with Crippen LogP contribution in [0.15, 0.2) is 36.0 Å². The lowest BCUT2D eigenvalue weighted by molar-refractivity contribution is -0.136. The summed E-state index contributed by atoms with van der Waals surface area (Å²) in [6.07, 6.45) is 1.13. The number of nitriles is 1. The third-order valence-electron chi connectivity index (χ3n) is 2.93. The van der Waals surface area contributed by atoms with E-state index < -0.39 is 11.9 Å². The Morgan fingerprint density at radius 2 is 1.95 bits per heavy atom. The molecule has 0 unspecified atom stereocenters. The molecule has 6 nitrogen and oxygen atoms in total. The number of aliphatic carboxylic acids is 1. The summed E-state index contributed by atoms with van der Waals surface area (Å²) in [5.74, 6) is -1.09. The van der Waals surface area contributed by atoms with Crippen LogP contribution in [0, 0.1) is 11.3 Å². The molecule has 0 aliphatic carbocycles. The van der Waals surface area contributed by atoms with Gasteiger partial charge in [-0.3, -0.25) is 9.59 Å². The van der Waals surface area contributed by atoms with Crippen molar-refractivity contribution in [2.24, 2.45) is 0 Å². The normalized spacial score (nSPS) is 10.9. The van der Waals surface area contributed by atoms with Crippen LogP contribution in [0.2, 0.25) is 0 Å². The Hall–Kier alpha value is -2.81. The molecule has 0 fully saturated rings. The quantitative estimate of drug-likeness (QED) is 0.407. The molecule has 0 radical (unpaired) electrons. The number of amides is 1. The lowest BCUT2D eigenvalue weighted by atomic mass is 10.0. The van der Waals surface area contributed by atoms with E-state index in [9.17, 15) is 9.59 Å². The van der Waals surface area contributed by atoms with Gasteiger partial charge in [0.2, 0.25) is 0 Å². The fourth-order valence-electron chi connectivity index (χ4n) is 1.65. The number of hydrogen-bond acceptors (Lipinski definition) is 4. The zero-order valence-corrected chi connectivity index (χ0v) is 12.6. The number of benzene rings is 1. The van der Waals surface area contributed by atoms with E-state index in [4.69, 9.17) is 10.4 Å². The average molecular weight is 301 g/mol. The van der Waals surface area contributed by atoms with E-state index in [0.717, 1.165) is 5.56 Å². The number of carbonyl (C=O) groups excluding carboxylic acids is 1. The first kappa shape index (κ1) is 17.2. The average Bonchev–Trinajstić information content (AvgIpc) is 2.47. The zero-order valence-electron chi connectivity index (χ0n) is 12.6. The Kier molecular flexibility index (Phi) is 6.64. The highest BCUT2D eigenvalue weighted by atomic mass is 16.4. The van der Waals surface area contributed by atoms with Gasteiger partial charge in [0.05, 0.1) is 6.42 Å². The molecule has 1 amide bonds. The summed E-state index contributed by atoms with van der Waals surface area (Å²) in [7, 11) is 0. The lowest BCUT2D eigenvalue weighted by Crippen LogP contribution is -2.18. The van der Waals surface area contributed by atoms with E-state index in [2.05, 4.69) is 24.5 Å². The van der Waals surface area contributed by atoms with Gasteiger partial charge in [-0.15, -0.1) is 0 Å². The minimum atomic E-state index is -0.950. The van der Waals surface area contributed by atoms with Gasteiger partial charge in [-0.25, -0.2) is 0 Å². The fraction of sp³-hybridized carbons (Fsp3) is 0.312. The number of nitrogens with one attached hydrogen (secondary N) is 2. The van der Waals surface area contributed by atoms with Crippen LogP contribution in [0.5, 0.6) is 0 Å². The highest BCUT2D eigenvalue weighted by Gasteiger charge is 2.09. The molecule has 0 saturated carbocycles. The molecule has 0 aliphatic rings. The predicted molar refractivity (Wildman–Crippen MR) is 83.1 cm³/mol. The third kappa shape index (κ3) is 5.67. The van der Waals surface area contributed by atoms with Crippen molar-refractivity contribution in [3.63, 3.8) is 0 Å². The van der Waals surface area contributed by atoms with Gasteiger partial charge in [0.15, 0.2) is 0 Å². The summed E-state index contributed by atoms with van der Waals surface area (Å²) in [6, 6.07) is 9.17. The maximum absolute atomic E-state index is 11.9. The zero-order chi connectivity index (χ0) is 16.5. The number of hydrogen-bond donors (Lipinski definition) is 3. The van der Waals surface area contributed by atoms with E-state index in [0.29, 0.717) is 11.6 Å². The molecule has 6 heteroatoms. The molecular weight excluding hydrogens is 282 g/mol. The molecular formula is C16H19N3O3. The number of rotatable bonds is 7. The van der Waals surface area contributed by atoms with Crippen molar-refractivity contribution in [2.75, 3.05) is 11.9 Å². The maximum atomic E-state index is 11.9. The molecule has 0 heterocycles. The molecule has 1 aromatic rings. The summed E-state index contributed by atoms with van der Waals surface area (Å²) in [5, 5.41) is 22.7. The van der Waals surface area contributed by atoms with E-state index in [1.54, 1.807) is 18.2 Å². The highest BCUT2D eigenvalue weighted by Crippen LogP contribution is 2.17. The van der Waals surface area contributed by atoms with Crippen LogP contribution in [0.25, 0.3) is 0 Å². The minimum Gasteiger partial charge on any atom is -0.481 e. The molecule has 3 N–H and O–H groups in total. The maximum Gasteiger partial charge on any atom is 0.305 e. The highest BCUT2D eigenvalue weighted by molar-refractivity contribution is 6.06. The molecule has 0 atom stereocenters. The molecule has 116 valence electrons. The van der Waals surface area contributed by atoms with Gasteiger partial charge in [-0.05, 0) is 23.6 Å². The smallest absolute Gasteiger partial charge is 0.305 e. The number of carboxylic acids is 1. The van der Waals surface area contributed by atoms with Crippen LogP contribution in [0.1, 0.15) is 31.7 Å². The van der Waals surface area contributed by atoms with Gasteiger partial charge in [-0.2, -0.15) is 5.26 Å². The second kappa shape index (κ2) is 8.47. The van der Waals surface area contributed by atoms with Gasteiger partial charge in [0, 0.05) is 18.4 Å². The van der Waals surface area contributed by atoms with Crippen LogP contribution in [0.4, 0.5) is 5.69 Å². The Morgan fingerprint density at radius 3 is 2.45 bits per heavy atom. The molecule has 0 aliphatic heterocycles. The molecule has 0 saturated heterocycles. The van der Waals surface area contributed by atoms with Crippen molar-refractivity contribution in [3.05, 3.63) is 41.6 Å². The van der Waals surface area contributed by atoms with E-state index in [1.807, 2.05) is 12.1 Å². The van der Waals surface area contributed by atoms with Gasteiger partial charge < -0.3 is 15.7 Å². The largest absolute Gasteiger partial charge is 0.481 e. The first-order valence-corrected chi connectivity index (χ1v) is 6.90. The van der Waals surface area contributed by atoms with Crippen molar-refractivity contribution in [3.8, 4) is 6.07 Å². The van der Waals surface area contributed by atoms with E-state index in [1.165, 1.54) is 6.20 Å². The van der Waals surface area contributed by atoms with Crippen LogP contribution >= 0.6 is 0 Å². The second-order valence-electron chi connectivity index (χ2n) is 5.00. The predicted octanol–water partition coefficient (Wildman–Crippen LogP) is 2.22. The van der Waals surface area contributed by atoms with Gasteiger partial charge in [-0.1, -0.05) is 26.0 Å². The van der Waals surface area contributed by atoms with E-state index >= 15 is 0 Å². The van der Waals surface area contributed by atoms with Crippen LogP contribution in [0.3, 0.4) is 0 Å². The number of carbonyl (C=O) groups is 2. The van der Waals surface area contributed by atoms with E-state index in [-0.39, 0.29) is 18.5 Å². The van der Waals surface area contributed by atoms with Crippen molar-refractivity contribution in [1.29, 1.82) is 5.26 Å². The van der Waals surface area contributed by atoms with Crippen molar-refractivity contribution < 1.29 is 14.7 Å². The summed E-state index contributed by atoms with van der Waals surface area (Å²) in [6.45, 7) is 4.30. The molecule has 22 heavy (non-hydrogen) atoms. The first-order valence-electron chi connectivity index (χ1n) is 6.90. The number of carboxylic acid groups (broad SMARTS) is 1. The molecule has 0 spiro atoms. The van der Waals surface area contributed by atoms with Gasteiger partial charge in [0.25, 0.3) is 5.91 Å². The topological polar surface area (TPSA) is 102 Å². The number of anilines is 1. The van der Waals surface area contributed by atoms with Crippen LogP contribution in [-0.2, 0) is 9.59 Å². The van der Waals surface area contributed by atoms with Crippen molar-refractivity contribution in [1.82, 2.24) is 5.32 Å². The summed E-state index contributed by atoms with van der Waals surface area (Å²) < 4.78 is 0. The van der Waals surface area contributed by atoms with Crippen LogP contribution < -0.4 is 10.6 Å². The Labute approximate surface area is 129 Å². The molecule has 1 rings (SSSR count). The van der Waals surface area contributed by atoms with Gasteiger partial charge in [0.1, 0.15) is 11.6 Å². The molecule has 1 aromatic carbocycles. The minimum absolute atomic E-state index is 0.0898. The van der Waals surface area contributed by atoms with Crippen LogP contribution in [-0.4, -0.2) is 23.5 Å². The Bertz CT molecular complexity index is 598. The third-order valence-corrected chi connectivity index (χ3v) is 2.93. The van der Waals surface area contributed by atoms with Gasteiger partial charge >= 0.3 is 5.97 Å². The number of nitrogens with zero attached hydrogens (tertiary/aromatic N) is 1. The SMILES string of the molecule is CC(C)c1ccc(NC(=O)/C(C#N)=C\NCCC(=O)O)cc1. The Balaban J connectivity index is 2.63. The standard InChI is InChI=1S/C16H19N3O3/c1-11(2)12-3-5-14(6-4-12)19-16(22)13(9-17)10-18-8-7-15(20)21/h3-6,10-11,18H,7-8H2,1-2H3,(H,19,22)(H,20,21)/b13-10-. The second-order valence-corrected chi connectivity index (χ2v) is 5.00. The fourth-order valence-corrected chi connectivity index (χ4v) is 1.65. The monoisotopic (exact) mass is 301 g/mol. The summed E-state index contributed by atoms with van der Waals surface area (Å²) in [4.78, 5) is 22.3. The summed E-state index contributed by atoms with van der Waals surface area (Å²) >= 11 is 0. The Morgan fingerprint density at radius 1 is 1.32 bits per heavy atom. The van der Waals surface area contributed by atoms with Crippen molar-refractivity contribution >= 4 is 17.6 Å². The molecule has 0 aromatic heterocycles. The lowest BCUT2D eigenvalue weighted by Gasteiger charge is -2.08. The van der Waals surface area contributed by atoms with Crippen molar-refractivity contribution in [2.45, 2.75) is 26.2 Å². The summed E-state index contributed by atoms with van der Waals surface area (Å²) in [5.41, 5.74) is 1.64.